The molecule has 1 aliphatic carbocycles. The first kappa shape index (κ1) is 21.6. The van der Waals surface area contributed by atoms with Gasteiger partial charge in [0.25, 0.3) is 0 Å². The van der Waals surface area contributed by atoms with E-state index in [-0.39, 0.29) is 22.8 Å². The number of rotatable bonds is 8. The van der Waals surface area contributed by atoms with Crippen LogP contribution < -0.4 is 14.8 Å². The van der Waals surface area contributed by atoms with Crippen LogP contribution in [0.15, 0.2) is 47.4 Å². The molecule has 1 atom stereocenters. The number of methoxy groups -OCH3 is 1. The summed E-state index contributed by atoms with van der Waals surface area (Å²) in [5.74, 6) is -0.264. The maximum Gasteiger partial charge on any atom is 0.240 e. The number of anilines is 1. The highest BCUT2D eigenvalue weighted by Gasteiger charge is 2.29. The van der Waals surface area contributed by atoms with E-state index in [4.69, 9.17) is 16.3 Å². The van der Waals surface area contributed by atoms with Gasteiger partial charge in [0, 0.05) is 11.1 Å². The molecule has 1 aliphatic rings. The summed E-state index contributed by atoms with van der Waals surface area (Å²) < 4.78 is 33.0. The average molecular weight is 437 g/mol. The number of ether oxygens (including phenoxy) is 1. The minimum Gasteiger partial charge on any atom is -0.495 e. The van der Waals surface area contributed by atoms with Gasteiger partial charge in [0.15, 0.2) is 0 Å². The Morgan fingerprint density at radius 2 is 1.79 bits per heavy atom. The fraction of sp³-hybridized carbons (Fsp3) is 0.381. The molecular weight excluding hydrogens is 412 g/mol. The Kier molecular flexibility index (Phi) is 6.51. The largest absolute Gasteiger partial charge is 0.495 e. The van der Waals surface area contributed by atoms with Crippen LogP contribution in [0, 0.1) is 5.92 Å². The summed E-state index contributed by atoms with van der Waals surface area (Å²) in [6, 6.07) is 11.6. The molecule has 8 heteroatoms. The normalized spacial score (nSPS) is 15.2. The van der Waals surface area contributed by atoms with Gasteiger partial charge in [-0.15, -0.1) is 0 Å². The lowest BCUT2D eigenvalue weighted by Crippen LogP contribution is -2.27. The molecule has 1 saturated carbocycles. The van der Waals surface area contributed by atoms with Crippen molar-refractivity contribution in [1.29, 1.82) is 0 Å². The van der Waals surface area contributed by atoms with Crippen molar-refractivity contribution in [2.24, 2.45) is 5.92 Å². The fourth-order valence-electron chi connectivity index (χ4n) is 3.16. The quantitative estimate of drug-likeness (QED) is 0.650. The van der Waals surface area contributed by atoms with Crippen molar-refractivity contribution < 1.29 is 17.9 Å². The average Bonchev–Trinajstić information content (AvgIpc) is 3.46. The van der Waals surface area contributed by atoms with Crippen LogP contribution in [-0.2, 0) is 14.8 Å². The van der Waals surface area contributed by atoms with E-state index in [1.54, 1.807) is 18.2 Å². The van der Waals surface area contributed by atoms with Crippen LogP contribution >= 0.6 is 11.6 Å². The van der Waals surface area contributed by atoms with Gasteiger partial charge in [-0.05, 0) is 54.7 Å². The van der Waals surface area contributed by atoms with E-state index in [0.29, 0.717) is 16.5 Å². The first-order valence-corrected chi connectivity index (χ1v) is 11.3. The van der Waals surface area contributed by atoms with Crippen molar-refractivity contribution in [2.45, 2.75) is 43.5 Å². The molecule has 0 spiro atoms. The summed E-state index contributed by atoms with van der Waals surface area (Å²) >= 11 is 5.97. The molecule has 1 fully saturated rings. The van der Waals surface area contributed by atoms with E-state index in [2.05, 4.69) is 10.0 Å². The molecule has 0 saturated heterocycles. The number of nitrogens with one attached hydrogen (secondary N) is 2. The number of amides is 1. The van der Waals surface area contributed by atoms with Crippen molar-refractivity contribution in [3.63, 3.8) is 0 Å². The smallest absolute Gasteiger partial charge is 0.240 e. The van der Waals surface area contributed by atoms with E-state index in [1.807, 2.05) is 26.0 Å². The molecule has 0 aromatic heterocycles. The van der Waals surface area contributed by atoms with E-state index >= 15 is 0 Å². The molecule has 2 aromatic rings. The predicted molar refractivity (Wildman–Crippen MR) is 114 cm³/mol. The summed E-state index contributed by atoms with van der Waals surface area (Å²) in [7, 11) is -2.17. The van der Waals surface area contributed by atoms with E-state index in [1.165, 1.54) is 19.2 Å². The summed E-state index contributed by atoms with van der Waals surface area (Å²) in [4.78, 5) is 13.2. The van der Waals surface area contributed by atoms with Crippen LogP contribution in [0.25, 0.3) is 0 Å². The zero-order chi connectivity index (χ0) is 21.2. The zero-order valence-corrected chi connectivity index (χ0v) is 18.2. The van der Waals surface area contributed by atoms with Crippen LogP contribution in [0.3, 0.4) is 0 Å². The van der Waals surface area contributed by atoms with Crippen molar-refractivity contribution in [2.75, 3.05) is 12.4 Å². The maximum atomic E-state index is 13.1. The molecule has 0 radical (unpaired) electrons. The Hall–Kier alpha value is -2.09. The topological polar surface area (TPSA) is 84.5 Å². The number of carbonyl (C=O) groups excluding carboxylic acids is 1. The van der Waals surface area contributed by atoms with E-state index < -0.39 is 15.9 Å². The summed E-state index contributed by atoms with van der Waals surface area (Å²) in [5.41, 5.74) is 1.15. The molecular formula is C21H25ClN2O4S. The zero-order valence-electron chi connectivity index (χ0n) is 16.6. The molecule has 156 valence electrons. The number of hydrogen-bond acceptors (Lipinski definition) is 4. The molecule has 6 nitrogen and oxygen atoms in total. The van der Waals surface area contributed by atoms with Gasteiger partial charge in [0.1, 0.15) is 5.75 Å². The van der Waals surface area contributed by atoms with Crippen molar-refractivity contribution in [3.8, 4) is 5.75 Å². The Morgan fingerprint density at radius 3 is 2.34 bits per heavy atom. The van der Waals surface area contributed by atoms with Gasteiger partial charge in [0.05, 0.1) is 23.6 Å². The SMILES string of the molecule is COc1ccc(S(=O)(=O)NC2CC2)cc1NC(=O)C(c1ccc(Cl)cc1)C(C)C. The lowest BCUT2D eigenvalue weighted by atomic mass is 9.87. The first-order valence-electron chi connectivity index (χ1n) is 9.48. The highest BCUT2D eigenvalue weighted by Crippen LogP contribution is 2.32. The summed E-state index contributed by atoms with van der Waals surface area (Å²) in [6.07, 6.45) is 1.69. The molecule has 0 bridgehead atoms. The van der Waals surface area contributed by atoms with Crippen molar-refractivity contribution in [3.05, 3.63) is 53.1 Å². The minimum absolute atomic E-state index is 0.00429. The second kappa shape index (κ2) is 8.73. The maximum absolute atomic E-state index is 13.1. The molecule has 2 N–H and O–H groups in total. The third-order valence-electron chi connectivity index (χ3n) is 4.82. The standard InChI is InChI=1S/C21H25ClN2O4S/c1-13(2)20(14-4-6-15(22)7-5-14)21(25)23-18-12-17(10-11-19(18)28-3)29(26,27)24-16-8-9-16/h4-7,10-13,16,20,24H,8-9H2,1-3H3,(H,23,25). The molecule has 2 aromatic carbocycles. The Morgan fingerprint density at radius 1 is 1.14 bits per heavy atom. The Labute approximate surface area is 176 Å². The van der Waals surface area contributed by atoms with Gasteiger partial charge in [0.2, 0.25) is 15.9 Å². The van der Waals surface area contributed by atoms with Crippen molar-refractivity contribution in [1.82, 2.24) is 4.72 Å². The van der Waals surface area contributed by atoms with E-state index in [9.17, 15) is 13.2 Å². The Bertz CT molecular complexity index is 986. The van der Waals surface area contributed by atoms with Crippen molar-refractivity contribution >= 4 is 33.2 Å². The Balaban J connectivity index is 1.89. The van der Waals surface area contributed by atoms with Crippen LogP contribution in [0.5, 0.6) is 5.75 Å². The van der Waals surface area contributed by atoms with Gasteiger partial charge >= 0.3 is 0 Å². The van der Waals surface area contributed by atoms with Crippen LogP contribution in [-0.4, -0.2) is 27.5 Å². The molecule has 29 heavy (non-hydrogen) atoms. The molecule has 0 heterocycles. The third kappa shape index (κ3) is 5.29. The second-order valence-corrected chi connectivity index (χ2v) is 9.67. The predicted octanol–water partition coefficient (Wildman–Crippen LogP) is 4.17. The summed E-state index contributed by atoms with van der Waals surface area (Å²) in [6.45, 7) is 3.91. The molecule has 0 aliphatic heterocycles. The lowest BCUT2D eigenvalue weighted by Gasteiger charge is -2.22. The molecule has 1 amide bonds. The monoisotopic (exact) mass is 436 g/mol. The first-order chi connectivity index (χ1) is 13.7. The fourth-order valence-corrected chi connectivity index (χ4v) is 4.62. The highest BCUT2D eigenvalue weighted by molar-refractivity contribution is 7.89. The molecule has 1 unspecified atom stereocenters. The van der Waals surface area contributed by atoms with Crippen LogP contribution in [0.2, 0.25) is 5.02 Å². The highest BCUT2D eigenvalue weighted by atomic mass is 35.5. The van der Waals surface area contributed by atoms with E-state index in [0.717, 1.165) is 18.4 Å². The van der Waals surface area contributed by atoms with Gasteiger partial charge < -0.3 is 10.1 Å². The lowest BCUT2D eigenvalue weighted by molar-refractivity contribution is -0.118. The number of halogens is 1. The summed E-state index contributed by atoms with van der Waals surface area (Å²) in [5, 5.41) is 3.44. The third-order valence-corrected chi connectivity index (χ3v) is 6.59. The molecule has 3 rings (SSSR count). The van der Waals surface area contributed by atoms with Gasteiger partial charge in [-0.1, -0.05) is 37.6 Å². The number of benzene rings is 2. The number of hydrogen-bond donors (Lipinski definition) is 2. The van der Waals surface area contributed by atoms with Gasteiger partial charge in [-0.2, -0.15) is 0 Å². The second-order valence-electron chi connectivity index (χ2n) is 7.52. The minimum atomic E-state index is -3.65. The van der Waals surface area contributed by atoms with Gasteiger partial charge in [-0.3, -0.25) is 4.79 Å². The number of carbonyl (C=O) groups is 1. The van der Waals surface area contributed by atoms with Gasteiger partial charge in [-0.25, -0.2) is 13.1 Å². The van der Waals surface area contributed by atoms with Crippen LogP contribution in [0.1, 0.15) is 38.2 Å². The van der Waals surface area contributed by atoms with Crippen LogP contribution in [0.4, 0.5) is 5.69 Å². The number of sulfonamides is 1.